The smallest absolute Gasteiger partial charge is 0.173 e. The van der Waals surface area contributed by atoms with Crippen molar-refractivity contribution >= 4 is 54.5 Å². The van der Waals surface area contributed by atoms with E-state index in [0.717, 1.165) is 40.1 Å². The summed E-state index contributed by atoms with van der Waals surface area (Å²) in [7, 11) is 0. The number of thiazole rings is 1. The van der Waals surface area contributed by atoms with Gasteiger partial charge in [0.05, 0.1) is 21.6 Å². The maximum absolute atomic E-state index is 14.9. The van der Waals surface area contributed by atoms with Gasteiger partial charge in [0.15, 0.2) is 5.82 Å². The maximum Gasteiger partial charge on any atom is 0.173 e. The first kappa shape index (κ1) is 18.9. The second-order valence-electron chi connectivity index (χ2n) is 8.05. The van der Waals surface area contributed by atoms with Crippen molar-refractivity contribution in [2.75, 3.05) is 18.4 Å². The molecule has 3 aromatic heterocycles. The first-order valence-electron chi connectivity index (χ1n) is 9.91. The number of aromatic nitrogens is 2. The zero-order valence-electron chi connectivity index (χ0n) is 16.7. The van der Waals surface area contributed by atoms with Gasteiger partial charge in [-0.25, -0.2) is 14.4 Å². The highest BCUT2D eigenvalue weighted by atomic mass is 32.1. The van der Waals surface area contributed by atoms with E-state index in [1.54, 1.807) is 29.1 Å². The van der Waals surface area contributed by atoms with Gasteiger partial charge in [-0.3, -0.25) is 4.90 Å². The maximum atomic E-state index is 14.9. The molecule has 29 heavy (non-hydrogen) atoms. The number of likely N-dealkylation sites (tertiary alicyclic amines) is 1. The predicted molar refractivity (Wildman–Crippen MR) is 121 cm³/mol. The van der Waals surface area contributed by atoms with Crippen molar-refractivity contribution in [1.29, 1.82) is 0 Å². The van der Waals surface area contributed by atoms with Crippen LogP contribution in [0.25, 0.3) is 20.4 Å². The van der Waals surface area contributed by atoms with Crippen molar-refractivity contribution in [3.8, 4) is 0 Å². The molecular formula is C22H23FN4S2. The van der Waals surface area contributed by atoms with Crippen molar-refractivity contribution in [3.63, 3.8) is 0 Å². The van der Waals surface area contributed by atoms with Crippen LogP contribution < -0.4 is 5.32 Å². The summed E-state index contributed by atoms with van der Waals surface area (Å²) in [5, 5.41) is 4.34. The number of rotatable bonds is 4. The van der Waals surface area contributed by atoms with Crippen LogP contribution in [0.5, 0.6) is 0 Å². The molecule has 0 aliphatic carbocycles. The summed E-state index contributed by atoms with van der Waals surface area (Å²) >= 11 is 3.21. The van der Waals surface area contributed by atoms with Gasteiger partial charge in [-0.1, -0.05) is 6.92 Å². The number of anilines is 2. The Morgan fingerprint density at radius 1 is 1.24 bits per heavy atom. The van der Waals surface area contributed by atoms with Gasteiger partial charge in [-0.05, 0) is 57.6 Å². The summed E-state index contributed by atoms with van der Waals surface area (Å²) in [6.45, 7) is 9.09. The molecule has 4 aromatic rings. The van der Waals surface area contributed by atoms with Crippen LogP contribution in [-0.4, -0.2) is 33.5 Å². The molecule has 4 heterocycles. The minimum Gasteiger partial charge on any atom is -0.352 e. The van der Waals surface area contributed by atoms with Gasteiger partial charge in [0, 0.05) is 27.9 Å². The summed E-state index contributed by atoms with van der Waals surface area (Å²) in [4.78, 5) is 13.6. The molecule has 1 aliphatic rings. The average Bonchev–Trinajstić information content (AvgIpc) is 3.40. The van der Waals surface area contributed by atoms with E-state index >= 15 is 0 Å². The third-order valence-electron chi connectivity index (χ3n) is 6.25. The Labute approximate surface area is 177 Å². The molecule has 150 valence electrons. The minimum atomic E-state index is -0.306. The second kappa shape index (κ2) is 7.00. The fourth-order valence-electron chi connectivity index (χ4n) is 4.58. The van der Waals surface area contributed by atoms with Crippen LogP contribution in [0.15, 0.2) is 36.0 Å². The number of halogens is 1. The highest BCUT2D eigenvalue weighted by molar-refractivity contribution is 7.18. The zero-order chi connectivity index (χ0) is 20.2. The van der Waals surface area contributed by atoms with Gasteiger partial charge < -0.3 is 5.32 Å². The highest BCUT2D eigenvalue weighted by Gasteiger charge is 2.41. The summed E-state index contributed by atoms with van der Waals surface area (Å²) in [5.74, 6) is 0.178. The van der Waals surface area contributed by atoms with Gasteiger partial charge in [-0.2, -0.15) is 0 Å². The number of fused-ring (bicyclic) bond motifs is 2. The van der Waals surface area contributed by atoms with Gasteiger partial charge in [0.2, 0.25) is 0 Å². The van der Waals surface area contributed by atoms with Crippen LogP contribution in [0.4, 0.5) is 15.8 Å². The van der Waals surface area contributed by atoms with Gasteiger partial charge >= 0.3 is 0 Å². The Hall–Kier alpha value is -2.09. The van der Waals surface area contributed by atoms with Gasteiger partial charge in [0.1, 0.15) is 10.3 Å². The van der Waals surface area contributed by atoms with E-state index in [2.05, 4.69) is 47.0 Å². The fourth-order valence-corrected chi connectivity index (χ4v) is 6.59. The zero-order valence-corrected chi connectivity index (χ0v) is 18.3. The Morgan fingerprint density at radius 2 is 2.10 bits per heavy atom. The molecule has 1 aromatic carbocycles. The summed E-state index contributed by atoms with van der Waals surface area (Å²) in [6, 6.07) is 7.87. The molecule has 4 nitrogen and oxygen atoms in total. The van der Waals surface area contributed by atoms with E-state index in [0.29, 0.717) is 17.1 Å². The van der Waals surface area contributed by atoms with E-state index in [-0.39, 0.29) is 11.4 Å². The van der Waals surface area contributed by atoms with E-state index in [4.69, 9.17) is 0 Å². The van der Waals surface area contributed by atoms with Crippen LogP contribution in [0.3, 0.4) is 0 Å². The molecular weight excluding hydrogens is 403 g/mol. The fraction of sp³-hybridized carbons (Fsp3) is 0.364. The molecule has 1 atom stereocenters. The monoisotopic (exact) mass is 426 g/mol. The van der Waals surface area contributed by atoms with Crippen molar-refractivity contribution in [3.05, 3.63) is 46.7 Å². The normalized spacial score (nSPS) is 19.4. The van der Waals surface area contributed by atoms with Crippen molar-refractivity contribution in [2.45, 2.75) is 38.6 Å². The van der Waals surface area contributed by atoms with E-state index in [1.165, 1.54) is 16.2 Å². The number of thiophene rings is 1. The highest BCUT2D eigenvalue weighted by Crippen LogP contribution is 2.46. The lowest BCUT2D eigenvalue weighted by Crippen LogP contribution is -2.41. The lowest BCUT2D eigenvalue weighted by atomic mass is 9.87. The number of benzene rings is 1. The first-order chi connectivity index (χ1) is 14.0. The second-order valence-corrected chi connectivity index (χ2v) is 10.0. The topological polar surface area (TPSA) is 41.0 Å². The number of nitrogens with zero attached hydrogens (tertiary/aromatic N) is 3. The molecule has 5 rings (SSSR count). The molecule has 1 fully saturated rings. The number of likely N-dealkylation sites (N-methyl/N-ethyl adjacent to an activating group) is 1. The minimum absolute atomic E-state index is 0.130. The molecule has 7 heteroatoms. The molecule has 0 bridgehead atoms. The quantitative estimate of drug-likeness (QED) is 0.411. The van der Waals surface area contributed by atoms with Gasteiger partial charge in [-0.15, -0.1) is 22.7 Å². The Morgan fingerprint density at radius 3 is 2.90 bits per heavy atom. The molecule has 0 spiro atoms. The third kappa shape index (κ3) is 3.03. The molecule has 1 N–H and O–H groups in total. The lowest BCUT2D eigenvalue weighted by molar-refractivity contribution is 0.171. The van der Waals surface area contributed by atoms with Crippen LogP contribution in [0.1, 0.15) is 38.0 Å². The van der Waals surface area contributed by atoms with Crippen molar-refractivity contribution < 1.29 is 4.39 Å². The third-order valence-corrected chi connectivity index (χ3v) is 8.20. The van der Waals surface area contributed by atoms with E-state index in [9.17, 15) is 4.39 Å². The summed E-state index contributed by atoms with van der Waals surface area (Å²) in [5.41, 5.74) is 3.56. The Kier molecular flexibility index (Phi) is 4.57. The van der Waals surface area contributed by atoms with Crippen molar-refractivity contribution in [2.24, 2.45) is 0 Å². The summed E-state index contributed by atoms with van der Waals surface area (Å²) < 4.78 is 15.7. The van der Waals surface area contributed by atoms with Gasteiger partial charge in [0.25, 0.3) is 0 Å². The standard InChI is InChI=1S/C22H23FN4S2/c1-4-27-10-8-14(22(27,2)3)18-11-13-15(7-9-24-21(13)29-18)26-16-5-6-17-20(19(16)23)25-12-28-17/h5-7,9,11-12,14H,4,8,10H2,1-3H3,(H,24,26)/t14-/m1/s1. The van der Waals surface area contributed by atoms with E-state index < -0.39 is 0 Å². The number of nitrogens with one attached hydrogen (secondary N) is 1. The summed E-state index contributed by atoms with van der Waals surface area (Å²) in [6.07, 6.45) is 2.95. The predicted octanol–water partition coefficient (Wildman–Crippen LogP) is 6.38. The van der Waals surface area contributed by atoms with Crippen LogP contribution in [-0.2, 0) is 0 Å². The molecule has 0 amide bonds. The first-order valence-corrected chi connectivity index (χ1v) is 11.6. The SMILES string of the molecule is CCN1CC[C@H](c2cc3c(Nc4ccc5scnc5c4F)ccnc3s2)C1(C)C. The molecule has 1 saturated heterocycles. The Bertz CT molecular complexity index is 1200. The molecule has 0 radical (unpaired) electrons. The largest absolute Gasteiger partial charge is 0.352 e. The van der Waals surface area contributed by atoms with Crippen LogP contribution in [0.2, 0.25) is 0 Å². The number of hydrogen-bond acceptors (Lipinski definition) is 6. The number of pyridine rings is 1. The molecule has 0 unspecified atom stereocenters. The van der Waals surface area contributed by atoms with E-state index in [1.807, 2.05) is 12.1 Å². The lowest BCUT2D eigenvalue weighted by Gasteiger charge is -2.35. The average molecular weight is 427 g/mol. The van der Waals surface area contributed by atoms with Crippen LogP contribution >= 0.6 is 22.7 Å². The molecule has 0 saturated carbocycles. The number of hydrogen-bond donors (Lipinski definition) is 1. The van der Waals surface area contributed by atoms with Crippen LogP contribution in [0, 0.1) is 5.82 Å². The Balaban J connectivity index is 1.53. The molecule has 1 aliphatic heterocycles. The van der Waals surface area contributed by atoms with Crippen molar-refractivity contribution in [1.82, 2.24) is 14.9 Å².